The van der Waals surface area contributed by atoms with Gasteiger partial charge in [-0.05, 0) is 31.5 Å². The molecule has 1 saturated heterocycles. The summed E-state index contributed by atoms with van der Waals surface area (Å²) in [6, 6.07) is 6.64. The molecule has 158 valence electrons. The molecule has 3 rings (SSSR count). The summed E-state index contributed by atoms with van der Waals surface area (Å²) in [7, 11) is -3.05. The Morgan fingerprint density at radius 1 is 1.53 bits per heavy atom. The van der Waals surface area contributed by atoms with E-state index < -0.39 is 15.1 Å². The molecule has 1 N–H and O–H groups in total. The number of amides is 1. The maximum Gasteiger partial charge on any atom is 0.237 e. The smallest absolute Gasteiger partial charge is 0.237 e. The van der Waals surface area contributed by atoms with E-state index in [2.05, 4.69) is 22.1 Å². The lowest BCUT2D eigenvalue weighted by Crippen LogP contribution is -2.23. The lowest BCUT2D eigenvalue weighted by atomic mass is 10.1. The van der Waals surface area contributed by atoms with Crippen molar-refractivity contribution in [1.29, 1.82) is 5.26 Å². The number of thioether (sulfide) groups is 1. The van der Waals surface area contributed by atoms with Crippen LogP contribution in [0.15, 0.2) is 36.0 Å². The number of carbonyl (C=O) groups is 1. The highest BCUT2D eigenvalue weighted by atomic mass is 35.5. The summed E-state index contributed by atoms with van der Waals surface area (Å²) in [6.07, 6.45) is 2.20. The van der Waals surface area contributed by atoms with Gasteiger partial charge in [0.25, 0.3) is 0 Å². The quantitative estimate of drug-likeness (QED) is 0.493. The van der Waals surface area contributed by atoms with Gasteiger partial charge < -0.3 is 9.88 Å². The molecule has 1 fully saturated rings. The zero-order chi connectivity index (χ0) is 21.9. The van der Waals surface area contributed by atoms with Gasteiger partial charge in [0, 0.05) is 18.2 Å². The van der Waals surface area contributed by atoms with Gasteiger partial charge in [-0.1, -0.05) is 29.4 Å². The molecule has 11 heteroatoms. The fourth-order valence-corrected chi connectivity index (χ4v) is 5.95. The molecule has 0 bridgehead atoms. The second-order valence-electron chi connectivity index (χ2n) is 6.90. The number of carbonyl (C=O) groups excluding carboxylic acids is 1. The zero-order valence-electron chi connectivity index (χ0n) is 16.2. The Labute approximate surface area is 184 Å². The largest absolute Gasteiger partial charge is 0.325 e. The molecule has 8 nitrogen and oxygen atoms in total. The monoisotopic (exact) mass is 465 g/mol. The van der Waals surface area contributed by atoms with Crippen LogP contribution in [0.5, 0.6) is 0 Å². The molecule has 0 aliphatic carbocycles. The first-order valence-corrected chi connectivity index (χ1v) is 12.2. The maximum absolute atomic E-state index is 12.6. The Kier molecular flexibility index (Phi) is 6.85. The number of hydrogen-bond donors (Lipinski definition) is 1. The van der Waals surface area contributed by atoms with Crippen molar-refractivity contribution in [1.82, 2.24) is 14.8 Å². The van der Waals surface area contributed by atoms with Crippen LogP contribution in [0.1, 0.15) is 30.7 Å². The molecule has 1 aliphatic heterocycles. The van der Waals surface area contributed by atoms with Crippen LogP contribution in [0.25, 0.3) is 0 Å². The van der Waals surface area contributed by atoms with Crippen molar-refractivity contribution in [3.05, 3.63) is 47.3 Å². The van der Waals surface area contributed by atoms with Crippen molar-refractivity contribution in [3.63, 3.8) is 0 Å². The van der Waals surface area contributed by atoms with Crippen LogP contribution in [0.3, 0.4) is 0 Å². The van der Waals surface area contributed by atoms with E-state index in [-0.39, 0.29) is 28.4 Å². The van der Waals surface area contributed by atoms with Gasteiger partial charge in [-0.25, -0.2) is 8.42 Å². The Balaban J connectivity index is 1.73. The van der Waals surface area contributed by atoms with Crippen molar-refractivity contribution >= 4 is 44.8 Å². The summed E-state index contributed by atoms with van der Waals surface area (Å²) in [5.41, 5.74) is 0.817. The molecular formula is C19H20ClN5O3S2. The van der Waals surface area contributed by atoms with E-state index in [0.717, 1.165) is 0 Å². The van der Waals surface area contributed by atoms with Crippen molar-refractivity contribution in [2.75, 3.05) is 16.8 Å². The zero-order valence-corrected chi connectivity index (χ0v) is 18.6. The van der Waals surface area contributed by atoms with Crippen molar-refractivity contribution < 1.29 is 13.2 Å². The third-order valence-electron chi connectivity index (χ3n) is 4.66. The molecule has 1 aromatic carbocycles. The number of benzene rings is 1. The summed E-state index contributed by atoms with van der Waals surface area (Å²) in [6.45, 7) is 5.90. The van der Waals surface area contributed by atoms with Crippen molar-refractivity contribution in [3.8, 4) is 6.07 Å². The molecule has 2 aromatic rings. The fourth-order valence-electron chi connectivity index (χ4n) is 3.13. The minimum atomic E-state index is -3.05. The van der Waals surface area contributed by atoms with Gasteiger partial charge >= 0.3 is 0 Å². The van der Waals surface area contributed by atoms with Gasteiger partial charge in [0.15, 0.2) is 15.0 Å². The molecule has 2 unspecified atom stereocenters. The van der Waals surface area contributed by atoms with E-state index in [4.69, 9.17) is 16.9 Å². The molecule has 0 spiro atoms. The van der Waals surface area contributed by atoms with Gasteiger partial charge in [0.2, 0.25) is 5.91 Å². The Morgan fingerprint density at radius 3 is 2.90 bits per heavy atom. The number of hydrogen-bond acceptors (Lipinski definition) is 7. The van der Waals surface area contributed by atoms with Crippen LogP contribution < -0.4 is 5.32 Å². The maximum atomic E-state index is 12.6. The topological polar surface area (TPSA) is 118 Å². The Hall–Kier alpha value is -2.35. The normalized spacial score (nSPS) is 18.5. The van der Waals surface area contributed by atoms with E-state index in [0.29, 0.717) is 35.2 Å². The highest BCUT2D eigenvalue weighted by molar-refractivity contribution is 8.00. The number of allylic oxidation sites excluding steroid dienone is 1. The first-order valence-electron chi connectivity index (χ1n) is 9.15. The minimum absolute atomic E-state index is 0.0580. The highest BCUT2D eigenvalue weighted by Gasteiger charge is 2.33. The van der Waals surface area contributed by atoms with E-state index in [9.17, 15) is 13.2 Å². The lowest BCUT2D eigenvalue weighted by molar-refractivity contribution is -0.115. The third-order valence-corrected chi connectivity index (χ3v) is 7.82. The first kappa shape index (κ1) is 22.3. The summed E-state index contributed by atoms with van der Waals surface area (Å²) in [4.78, 5) is 12.6. The van der Waals surface area contributed by atoms with Gasteiger partial charge in [0.1, 0.15) is 11.9 Å². The second kappa shape index (κ2) is 9.20. The van der Waals surface area contributed by atoms with Gasteiger partial charge in [-0.2, -0.15) is 5.26 Å². The van der Waals surface area contributed by atoms with Crippen LogP contribution in [-0.2, 0) is 21.2 Å². The highest BCUT2D eigenvalue weighted by Crippen LogP contribution is 2.31. The number of aromatic nitrogens is 3. The molecule has 1 aliphatic rings. The molecule has 1 amide bonds. The molecule has 30 heavy (non-hydrogen) atoms. The van der Waals surface area contributed by atoms with E-state index >= 15 is 0 Å². The SMILES string of the molecule is C=CCn1c(SC(C)C(=O)Nc2ccc(C#N)c(Cl)c2)nnc1C1CCS(=O)(=O)C1. The molecule has 2 heterocycles. The van der Waals surface area contributed by atoms with Crippen LogP contribution >= 0.6 is 23.4 Å². The summed E-state index contributed by atoms with van der Waals surface area (Å²) < 4.78 is 25.5. The van der Waals surface area contributed by atoms with Gasteiger partial charge in [0.05, 0.1) is 27.3 Å². The lowest BCUT2D eigenvalue weighted by Gasteiger charge is -2.14. The van der Waals surface area contributed by atoms with Gasteiger partial charge in [-0.3, -0.25) is 4.79 Å². The molecule has 1 aromatic heterocycles. The summed E-state index contributed by atoms with van der Waals surface area (Å²) >= 11 is 7.23. The van der Waals surface area contributed by atoms with Crippen molar-refractivity contribution in [2.24, 2.45) is 0 Å². The number of nitriles is 1. The standard InChI is InChI=1S/C19H20ClN5O3S2/c1-3-7-25-17(14-6-8-30(27,28)11-14)23-24-19(25)29-12(2)18(26)22-15-5-4-13(10-21)16(20)9-15/h3-5,9,12,14H,1,6-8,11H2,2H3,(H,22,26). The summed E-state index contributed by atoms with van der Waals surface area (Å²) in [5, 5.41) is 20.4. The predicted molar refractivity (Wildman–Crippen MR) is 116 cm³/mol. The van der Waals surface area contributed by atoms with Crippen molar-refractivity contribution in [2.45, 2.75) is 36.2 Å². The molecule has 2 atom stereocenters. The Morgan fingerprint density at radius 2 is 2.30 bits per heavy atom. The second-order valence-corrected chi connectivity index (χ2v) is 10.8. The Bertz CT molecular complexity index is 1120. The van der Waals surface area contributed by atoms with Crippen LogP contribution in [0.4, 0.5) is 5.69 Å². The van der Waals surface area contributed by atoms with E-state index in [1.807, 2.05) is 10.6 Å². The van der Waals surface area contributed by atoms with Crippen LogP contribution in [-0.4, -0.2) is 45.8 Å². The van der Waals surface area contributed by atoms with Crippen LogP contribution in [0.2, 0.25) is 5.02 Å². The number of sulfone groups is 1. The first-order chi connectivity index (χ1) is 14.2. The van der Waals surface area contributed by atoms with Gasteiger partial charge in [-0.15, -0.1) is 16.8 Å². The third kappa shape index (κ3) is 5.03. The number of halogens is 1. The fraction of sp³-hybridized carbons (Fsp3) is 0.368. The molecule has 0 saturated carbocycles. The summed E-state index contributed by atoms with van der Waals surface area (Å²) in [5.74, 6) is 0.334. The predicted octanol–water partition coefficient (Wildman–Crippen LogP) is 3.01. The molecule has 0 radical (unpaired) electrons. The van der Waals surface area contributed by atoms with Crippen LogP contribution in [0, 0.1) is 11.3 Å². The number of nitrogens with zero attached hydrogens (tertiary/aromatic N) is 4. The van der Waals surface area contributed by atoms with E-state index in [1.165, 1.54) is 17.8 Å². The number of nitrogens with one attached hydrogen (secondary N) is 1. The van der Waals surface area contributed by atoms with E-state index in [1.54, 1.807) is 25.1 Å². The minimum Gasteiger partial charge on any atom is -0.325 e. The average molecular weight is 466 g/mol. The number of rotatable bonds is 7. The number of anilines is 1. The average Bonchev–Trinajstić information content (AvgIpc) is 3.25. The molecular weight excluding hydrogens is 446 g/mol.